The van der Waals surface area contributed by atoms with Gasteiger partial charge in [-0.1, -0.05) is 36.4 Å². The van der Waals surface area contributed by atoms with Crippen LogP contribution in [0.25, 0.3) is 0 Å². The quantitative estimate of drug-likeness (QED) is 0.580. The van der Waals surface area contributed by atoms with E-state index in [0.717, 1.165) is 30.0 Å². The highest BCUT2D eigenvalue weighted by Crippen LogP contribution is 2.12. The largest absolute Gasteiger partial charge is 0.399 e. The van der Waals surface area contributed by atoms with Crippen LogP contribution in [-0.2, 0) is 0 Å². The summed E-state index contributed by atoms with van der Waals surface area (Å²) < 4.78 is 0. The highest BCUT2D eigenvalue weighted by atomic mass is 15.1. The SMILES string of the molecule is CCN(CC)c1ccccc1.CN(C)c1ccc(N)cc1.Cc1ccccc1N. The minimum absolute atomic E-state index is 0.811. The van der Waals surface area contributed by atoms with E-state index in [1.165, 1.54) is 11.4 Å². The molecule has 0 radical (unpaired) electrons. The van der Waals surface area contributed by atoms with Crippen molar-refractivity contribution in [3.63, 3.8) is 0 Å². The number of rotatable bonds is 4. The molecule has 0 aliphatic carbocycles. The van der Waals surface area contributed by atoms with Crippen LogP contribution in [-0.4, -0.2) is 27.2 Å². The second kappa shape index (κ2) is 13.1. The fraction of sp³-hybridized carbons (Fsp3) is 0.280. The molecule has 0 fully saturated rings. The zero-order chi connectivity index (χ0) is 21.6. The van der Waals surface area contributed by atoms with Crippen LogP contribution in [0.3, 0.4) is 0 Å². The number of nitrogen functional groups attached to an aromatic ring is 2. The molecule has 3 aromatic carbocycles. The van der Waals surface area contributed by atoms with Gasteiger partial charge in [-0.25, -0.2) is 0 Å². The van der Waals surface area contributed by atoms with Gasteiger partial charge in [-0.3, -0.25) is 0 Å². The maximum Gasteiger partial charge on any atom is 0.0365 e. The molecular formula is C25H36N4. The average Bonchev–Trinajstić information content (AvgIpc) is 2.73. The van der Waals surface area contributed by atoms with Crippen molar-refractivity contribution in [2.24, 2.45) is 0 Å². The predicted octanol–water partition coefficient (Wildman–Crippen LogP) is 5.44. The fourth-order valence-corrected chi connectivity index (χ4v) is 2.59. The summed E-state index contributed by atoms with van der Waals surface area (Å²) in [6.07, 6.45) is 0. The maximum absolute atomic E-state index is 5.52. The van der Waals surface area contributed by atoms with Crippen molar-refractivity contribution in [1.29, 1.82) is 0 Å². The number of hydrogen-bond acceptors (Lipinski definition) is 4. The first-order chi connectivity index (χ1) is 13.9. The van der Waals surface area contributed by atoms with Crippen LogP contribution in [0.2, 0.25) is 0 Å². The molecule has 4 heteroatoms. The Hall–Kier alpha value is -3.14. The third-order valence-electron chi connectivity index (χ3n) is 4.48. The maximum atomic E-state index is 5.52. The summed E-state index contributed by atoms with van der Waals surface area (Å²) >= 11 is 0. The smallest absolute Gasteiger partial charge is 0.0365 e. The molecule has 0 unspecified atom stereocenters. The molecule has 0 saturated heterocycles. The lowest BCUT2D eigenvalue weighted by Gasteiger charge is -2.20. The molecule has 4 N–H and O–H groups in total. The Morgan fingerprint density at radius 2 is 1.17 bits per heavy atom. The Bertz CT molecular complexity index is 774. The van der Waals surface area contributed by atoms with Crippen molar-refractivity contribution >= 4 is 22.7 Å². The molecule has 29 heavy (non-hydrogen) atoms. The van der Waals surface area contributed by atoms with Crippen LogP contribution in [0.1, 0.15) is 19.4 Å². The summed E-state index contributed by atoms with van der Waals surface area (Å²) in [6, 6.07) is 26.1. The average molecular weight is 393 g/mol. The van der Waals surface area contributed by atoms with E-state index >= 15 is 0 Å². The van der Waals surface area contributed by atoms with Crippen LogP contribution < -0.4 is 21.3 Å². The molecule has 0 atom stereocenters. The normalized spacial score (nSPS) is 9.41. The van der Waals surface area contributed by atoms with E-state index in [1.807, 2.05) is 80.5 Å². The van der Waals surface area contributed by atoms with E-state index in [9.17, 15) is 0 Å². The topological polar surface area (TPSA) is 58.5 Å². The Balaban J connectivity index is 0.000000220. The molecule has 3 rings (SSSR count). The van der Waals surface area contributed by atoms with Crippen molar-refractivity contribution < 1.29 is 0 Å². The minimum Gasteiger partial charge on any atom is -0.399 e. The van der Waals surface area contributed by atoms with Crippen molar-refractivity contribution in [2.75, 3.05) is 48.5 Å². The number of aryl methyl sites for hydroxylation is 1. The highest BCUT2D eigenvalue weighted by molar-refractivity contribution is 5.52. The van der Waals surface area contributed by atoms with Crippen LogP contribution in [0.5, 0.6) is 0 Å². The first-order valence-corrected chi connectivity index (χ1v) is 10.0. The van der Waals surface area contributed by atoms with Crippen molar-refractivity contribution in [3.05, 3.63) is 84.4 Å². The number of anilines is 4. The van der Waals surface area contributed by atoms with Crippen molar-refractivity contribution in [3.8, 4) is 0 Å². The highest BCUT2D eigenvalue weighted by Gasteiger charge is 1.97. The molecule has 0 bridgehead atoms. The Morgan fingerprint density at radius 1 is 0.655 bits per heavy atom. The first kappa shape index (κ1) is 23.9. The summed E-state index contributed by atoms with van der Waals surface area (Å²) in [5.74, 6) is 0. The van der Waals surface area contributed by atoms with Gasteiger partial charge in [0.2, 0.25) is 0 Å². The van der Waals surface area contributed by atoms with Gasteiger partial charge in [0, 0.05) is 49.9 Å². The van der Waals surface area contributed by atoms with E-state index in [0.29, 0.717) is 0 Å². The molecule has 4 nitrogen and oxygen atoms in total. The Morgan fingerprint density at radius 3 is 1.59 bits per heavy atom. The van der Waals surface area contributed by atoms with Gasteiger partial charge in [0.15, 0.2) is 0 Å². The third kappa shape index (κ3) is 9.06. The third-order valence-corrected chi connectivity index (χ3v) is 4.48. The van der Waals surface area contributed by atoms with Crippen LogP contribution in [0.4, 0.5) is 22.7 Å². The van der Waals surface area contributed by atoms with Crippen LogP contribution in [0.15, 0.2) is 78.9 Å². The predicted molar refractivity (Wildman–Crippen MR) is 131 cm³/mol. The van der Waals surface area contributed by atoms with Crippen LogP contribution in [0, 0.1) is 6.92 Å². The molecule has 156 valence electrons. The summed E-state index contributed by atoms with van der Waals surface area (Å²) in [4.78, 5) is 4.37. The monoisotopic (exact) mass is 392 g/mol. The van der Waals surface area contributed by atoms with E-state index in [-0.39, 0.29) is 0 Å². The lowest BCUT2D eigenvalue weighted by atomic mass is 10.2. The van der Waals surface area contributed by atoms with E-state index in [4.69, 9.17) is 11.5 Å². The van der Waals surface area contributed by atoms with Gasteiger partial charge in [-0.2, -0.15) is 0 Å². The number of nitrogens with zero attached hydrogens (tertiary/aromatic N) is 2. The van der Waals surface area contributed by atoms with Gasteiger partial charge in [-0.15, -0.1) is 0 Å². The molecule has 0 aromatic heterocycles. The zero-order valence-corrected chi connectivity index (χ0v) is 18.5. The summed E-state index contributed by atoms with van der Waals surface area (Å²) in [5.41, 5.74) is 16.3. The Kier molecular flexibility index (Phi) is 10.8. The summed E-state index contributed by atoms with van der Waals surface area (Å²) in [5, 5.41) is 0. The minimum atomic E-state index is 0.811. The lowest BCUT2D eigenvalue weighted by molar-refractivity contribution is 0.866. The first-order valence-electron chi connectivity index (χ1n) is 10.0. The van der Waals surface area contributed by atoms with Gasteiger partial charge < -0.3 is 21.3 Å². The number of para-hydroxylation sites is 2. The molecule has 0 amide bonds. The lowest BCUT2D eigenvalue weighted by Crippen LogP contribution is -2.21. The number of hydrogen-bond donors (Lipinski definition) is 2. The Labute approximate surface area is 176 Å². The molecule has 0 aliphatic rings. The molecule has 0 spiro atoms. The molecule has 0 heterocycles. The molecule has 0 aliphatic heterocycles. The summed E-state index contributed by atoms with van der Waals surface area (Å²) in [7, 11) is 4.01. The number of nitrogens with two attached hydrogens (primary N) is 2. The van der Waals surface area contributed by atoms with Crippen LogP contribution >= 0.6 is 0 Å². The van der Waals surface area contributed by atoms with E-state index in [2.05, 4.69) is 43.0 Å². The van der Waals surface area contributed by atoms with Gasteiger partial charge in [-0.05, 0) is 68.8 Å². The fourth-order valence-electron chi connectivity index (χ4n) is 2.59. The second-order valence-corrected chi connectivity index (χ2v) is 6.85. The standard InChI is InChI=1S/C10H15N.C8H12N2.C7H9N/c1-3-11(4-2)10-8-6-5-7-9-10;1-10(2)8-5-3-7(9)4-6-8;1-6-4-2-3-5-7(6)8/h5-9H,3-4H2,1-2H3;3-6H,9H2,1-2H3;2-5H,8H2,1H3. The van der Waals surface area contributed by atoms with Gasteiger partial charge in [0.25, 0.3) is 0 Å². The molecule has 3 aromatic rings. The van der Waals surface area contributed by atoms with Crippen molar-refractivity contribution in [2.45, 2.75) is 20.8 Å². The van der Waals surface area contributed by atoms with Crippen molar-refractivity contribution in [1.82, 2.24) is 0 Å². The molecular weight excluding hydrogens is 356 g/mol. The van der Waals surface area contributed by atoms with E-state index < -0.39 is 0 Å². The second-order valence-electron chi connectivity index (χ2n) is 6.85. The summed E-state index contributed by atoms with van der Waals surface area (Å²) in [6.45, 7) is 8.52. The van der Waals surface area contributed by atoms with E-state index in [1.54, 1.807) is 0 Å². The number of benzene rings is 3. The molecule has 0 saturated carbocycles. The van der Waals surface area contributed by atoms with Gasteiger partial charge in [0.1, 0.15) is 0 Å². The zero-order valence-electron chi connectivity index (χ0n) is 18.5. The van der Waals surface area contributed by atoms with Gasteiger partial charge in [0.05, 0.1) is 0 Å². The van der Waals surface area contributed by atoms with Gasteiger partial charge >= 0.3 is 0 Å².